The Labute approximate surface area is 282 Å². The Morgan fingerprint density at radius 2 is 1.94 bits per heavy atom. The van der Waals surface area contributed by atoms with Crippen LogP contribution >= 0.6 is 11.3 Å². The van der Waals surface area contributed by atoms with E-state index in [-0.39, 0.29) is 36.5 Å². The van der Waals surface area contributed by atoms with Gasteiger partial charge in [-0.15, -0.1) is 11.3 Å². The molecule has 1 amide bonds. The average Bonchev–Trinajstić information content (AvgIpc) is 3.83. The number of thiophene rings is 1. The molecule has 0 fully saturated rings. The number of halogens is 2. The van der Waals surface area contributed by atoms with E-state index in [9.17, 15) is 9.18 Å². The summed E-state index contributed by atoms with van der Waals surface area (Å²) in [6, 6.07) is 12.6. The number of hydrogen-bond acceptors (Lipinski definition) is 7. The summed E-state index contributed by atoms with van der Waals surface area (Å²) in [5.41, 5.74) is 6.72. The maximum absolute atomic E-state index is 16.1. The zero-order valence-corrected chi connectivity index (χ0v) is 28.2. The molecule has 5 aromatic rings. The van der Waals surface area contributed by atoms with Crippen molar-refractivity contribution in [1.82, 2.24) is 24.6 Å². The molecule has 2 aliphatic rings. The number of fused-ring (bicyclic) bond motifs is 3. The van der Waals surface area contributed by atoms with Gasteiger partial charge in [-0.1, -0.05) is 18.7 Å². The van der Waals surface area contributed by atoms with Gasteiger partial charge in [-0.05, 0) is 74.6 Å². The summed E-state index contributed by atoms with van der Waals surface area (Å²) >= 11 is 1.46. The molecule has 8 nitrogen and oxygen atoms in total. The first kappa shape index (κ1) is 32.1. The van der Waals surface area contributed by atoms with Crippen molar-refractivity contribution in [2.24, 2.45) is 0 Å². The second kappa shape index (κ2) is 12.9. The van der Waals surface area contributed by atoms with E-state index in [1.54, 1.807) is 4.90 Å². The highest BCUT2D eigenvalue weighted by Gasteiger charge is 2.32. The van der Waals surface area contributed by atoms with Gasteiger partial charge in [-0.25, -0.2) is 13.8 Å². The van der Waals surface area contributed by atoms with Crippen molar-refractivity contribution in [1.29, 1.82) is 0 Å². The molecule has 2 aromatic carbocycles. The zero-order chi connectivity index (χ0) is 33.7. The fraction of sp³-hybridized carbons (Fsp3) is 0.324. The Balaban J connectivity index is 1.47. The number of rotatable bonds is 9. The van der Waals surface area contributed by atoms with Gasteiger partial charge in [0, 0.05) is 53.0 Å². The smallest absolute Gasteiger partial charge is 0.246 e. The van der Waals surface area contributed by atoms with Gasteiger partial charge in [0.1, 0.15) is 35.4 Å². The SMILES string of the molecule is C=CC(=O)N1CCn2nc(-c3nc(-c4ccc5c(c4)CC[C@H]5N(C)C)c4ccsc4c3-c3c(F)cc(F)cc3OCCOC)cc2[C@H]1C. The molecule has 0 saturated heterocycles. The van der Waals surface area contributed by atoms with Crippen molar-refractivity contribution in [3.05, 3.63) is 89.0 Å². The molecular formula is C37H37F2N5O3S. The number of benzene rings is 2. The lowest BCUT2D eigenvalue weighted by molar-refractivity contribution is -0.129. The van der Waals surface area contributed by atoms with Gasteiger partial charge in [0.2, 0.25) is 5.91 Å². The largest absolute Gasteiger partial charge is 0.490 e. The van der Waals surface area contributed by atoms with Crippen molar-refractivity contribution in [3.8, 4) is 39.5 Å². The molecule has 4 heterocycles. The number of nitrogens with zero attached hydrogens (tertiary/aromatic N) is 5. The molecule has 248 valence electrons. The summed E-state index contributed by atoms with van der Waals surface area (Å²) in [5.74, 6) is -1.61. The van der Waals surface area contributed by atoms with Gasteiger partial charge in [0.05, 0.1) is 36.1 Å². The predicted molar refractivity (Wildman–Crippen MR) is 184 cm³/mol. The quantitative estimate of drug-likeness (QED) is 0.120. The topological polar surface area (TPSA) is 72.7 Å². The molecule has 2 atom stereocenters. The highest BCUT2D eigenvalue weighted by Crippen LogP contribution is 2.48. The first-order valence-electron chi connectivity index (χ1n) is 16.0. The zero-order valence-electron chi connectivity index (χ0n) is 27.4. The maximum atomic E-state index is 16.1. The van der Waals surface area contributed by atoms with Crippen LogP contribution < -0.4 is 4.74 Å². The lowest BCUT2D eigenvalue weighted by Crippen LogP contribution is -2.40. The number of aryl methyl sites for hydroxylation is 1. The summed E-state index contributed by atoms with van der Waals surface area (Å²) in [4.78, 5) is 21.9. The molecule has 0 unspecified atom stereocenters. The number of aromatic nitrogens is 3. The standard InChI is InChI=1S/C37H37F2N5O3S/c1-6-32(45)43-12-13-44-30(21(43)2)20-28(41-44)36-34(33-27(39)18-24(38)19-31(33)47-15-14-46-5)37-26(11-16-48-37)35(40-36)23-7-9-25-22(17-23)8-10-29(25)42(3)4/h6-7,9,11,16-21,29H,1,8,10,12-15H2,2-5H3/t21-,29-/m1/s1. The molecule has 7 rings (SSSR count). The van der Waals surface area contributed by atoms with Crippen molar-refractivity contribution in [2.75, 3.05) is 41.0 Å². The Bertz CT molecular complexity index is 2050. The van der Waals surface area contributed by atoms with Crippen molar-refractivity contribution >= 4 is 27.3 Å². The van der Waals surface area contributed by atoms with Crippen LogP contribution in [0.2, 0.25) is 0 Å². The maximum Gasteiger partial charge on any atom is 0.246 e. The summed E-state index contributed by atoms with van der Waals surface area (Å²) in [7, 11) is 5.75. The lowest BCUT2D eigenvalue weighted by atomic mass is 9.95. The van der Waals surface area contributed by atoms with Crippen molar-refractivity contribution < 1.29 is 23.0 Å². The Hall–Kier alpha value is -4.45. The van der Waals surface area contributed by atoms with E-state index in [0.717, 1.165) is 45.9 Å². The van der Waals surface area contributed by atoms with E-state index in [4.69, 9.17) is 19.6 Å². The van der Waals surface area contributed by atoms with E-state index < -0.39 is 11.6 Å². The average molecular weight is 670 g/mol. The minimum Gasteiger partial charge on any atom is -0.490 e. The number of pyridine rings is 1. The number of methoxy groups -OCH3 is 1. The van der Waals surface area contributed by atoms with Gasteiger partial charge < -0.3 is 19.3 Å². The molecule has 1 aliphatic heterocycles. The van der Waals surface area contributed by atoms with Crippen molar-refractivity contribution in [2.45, 2.75) is 38.4 Å². The fourth-order valence-electron chi connectivity index (χ4n) is 7.12. The molecule has 0 N–H and O–H groups in total. The number of carbonyl (C=O) groups excluding carboxylic acids is 1. The van der Waals surface area contributed by atoms with E-state index in [0.29, 0.717) is 36.1 Å². The van der Waals surface area contributed by atoms with Crippen molar-refractivity contribution in [3.63, 3.8) is 0 Å². The molecule has 11 heteroatoms. The monoisotopic (exact) mass is 669 g/mol. The third kappa shape index (κ3) is 5.49. The van der Waals surface area contributed by atoms with Gasteiger partial charge in [-0.3, -0.25) is 9.48 Å². The van der Waals surface area contributed by atoms with Crippen LogP contribution in [0.15, 0.2) is 60.5 Å². The van der Waals surface area contributed by atoms with Gasteiger partial charge in [-0.2, -0.15) is 5.10 Å². The highest BCUT2D eigenvalue weighted by atomic mass is 32.1. The van der Waals surface area contributed by atoms with Gasteiger partial charge in [0.25, 0.3) is 0 Å². The Kier molecular flexibility index (Phi) is 8.61. The summed E-state index contributed by atoms with van der Waals surface area (Å²) in [6.07, 6.45) is 3.34. The second-order valence-corrected chi connectivity index (χ2v) is 13.4. The molecule has 3 aromatic heterocycles. The second-order valence-electron chi connectivity index (χ2n) is 12.5. The minimum atomic E-state index is -0.764. The van der Waals surface area contributed by atoms with Crippen LogP contribution in [0.4, 0.5) is 8.78 Å². The lowest BCUT2D eigenvalue weighted by Gasteiger charge is -2.33. The van der Waals surface area contributed by atoms with E-state index in [1.807, 2.05) is 29.1 Å². The van der Waals surface area contributed by atoms with Crippen LogP contribution in [0, 0.1) is 11.6 Å². The minimum absolute atomic E-state index is 0.0578. The van der Waals surface area contributed by atoms with Crippen LogP contribution in [0.25, 0.3) is 43.9 Å². The molecule has 0 spiro atoms. The molecule has 0 bridgehead atoms. The summed E-state index contributed by atoms with van der Waals surface area (Å²) < 4.78 is 44.6. The first-order chi connectivity index (χ1) is 23.2. The molecular weight excluding hydrogens is 633 g/mol. The molecule has 0 radical (unpaired) electrons. The third-order valence-electron chi connectivity index (χ3n) is 9.47. The molecule has 1 aliphatic carbocycles. The number of carbonyl (C=O) groups is 1. The first-order valence-corrected chi connectivity index (χ1v) is 16.9. The Morgan fingerprint density at radius 3 is 2.71 bits per heavy atom. The fourth-order valence-corrected chi connectivity index (χ4v) is 8.07. The van der Waals surface area contributed by atoms with E-state index in [1.165, 1.54) is 41.7 Å². The van der Waals surface area contributed by atoms with Gasteiger partial charge >= 0.3 is 0 Å². The number of hydrogen-bond donors (Lipinski definition) is 0. The van der Waals surface area contributed by atoms with Crippen LogP contribution in [0.5, 0.6) is 5.75 Å². The third-order valence-corrected chi connectivity index (χ3v) is 10.4. The van der Waals surface area contributed by atoms with Crippen LogP contribution in [-0.2, 0) is 22.5 Å². The number of amides is 1. The van der Waals surface area contributed by atoms with Gasteiger partial charge in [0.15, 0.2) is 0 Å². The Morgan fingerprint density at radius 1 is 1.10 bits per heavy atom. The number of ether oxygens (including phenoxy) is 2. The summed E-state index contributed by atoms with van der Waals surface area (Å²) in [5, 5.41) is 7.79. The van der Waals surface area contributed by atoms with Crippen LogP contribution in [-0.4, -0.2) is 71.4 Å². The summed E-state index contributed by atoms with van der Waals surface area (Å²) in [6.45, 7) is 6.92. The normalized spacial score (nSPS) is 17.2. The van der Waals surface area contributed by atoms with Crippen LogP contribution in [0.1, 0.15) is 42.2 Å². The molecule has 48 heavy (non-hydrogen) atoms. The van der Waals surface area contributed by atoms with E-state index in [2.05, 4.69) is 43.8 Å². The molecule has 0 saturated carbocycles. The van der Waals surface area contributed by atoms with Crippen LogP contribution in [0.3, 0.4) is 0 Å². The highest BCUT2D eigenvalue weighted by molar-refractivity contribution is 7.18. The van der Waals surface area contributed by atoms with E-state index >= 15 is 4.39 Å². The predicted octanol–water partition coefficient (Wildman–Crippen LogP) is 7.44.